The van der Waals surface area contributed by atoms with Crippen molar-refractivity contribution in [1.82, 2.24) is 15.5 Å². The van der Waals surface area contributed by atoms with Crippen LogP contribution in [0.25, 0.3) is 0 Å². The summed E-state index contributed by atoms with van der Waals surface area (Å²) < 4.78 is 33.5. The molecule has 0 spiro atoms. The van der Waals surface area contributed by atoms with E-state index in [0.717, 1.165) is 35.8 Å². The molecule has 9 heteroatoms. The van der Waals surface area contributed by atoms with Crippen molar-refractivity contribution in [3.63, 3.8) is 0 Å². The van der Waals surface area contributed by atoms with E-state index in [1.54, 1.807) is 30.2 Å². The molecule has 0 radical (unpaired) electrons. The molecule has 236 valence electrons. The fourth-order valence-electron chi connectivity index (χ4n) is 5.71. The number of methoxy groups -OCH3 is 1. The monoisotopic (exact) mass is 607 g/mol. The number of nitrogens with one attached hydrogen (secondary N) is 2. The maximum atomic E-state index is 14.1. The predicted octanol–water partition coefficient (Wildman–Crippen LogP) is 5.57. The lowest BCUT2D eigenvalue weighted by Crippen LogP contribution is -2.55. The average Bonchev–Trinajstić information content (AvgIpc) is 3.79. The smallest absolute Gasteiger partial charge is 0.253 e. The number of aliphatic hydroxyl groups excluding tert-OH is 1. The number of rotatable bonds is 15. The largest absolute Gasteiger partial charge is 0.497 e. The Balaban J connectivity index is 1.58. The van der Waals surface area contributed by atoms with Crippen LogP contribution in [0.15, 0.2) is 60.7 Å². The van der Waals surface area contributed by atoms with E-state index in [1.807, 2.05) is 45.0 Å². The summed E-state index contributed by atoms with van der Waals surface area (Å²) in [5.41, 5.74) is 2.02. The Morgan fingerprint density at radius 3 is 2.23 bits per heavy atom. The van der Waals surface area contributed by atoms with E-state index in [0.29, 0.717) is 43.6 Å². The lowest BCUT2D eigenvalue weighted by atomic mass is 9.93. The third kappa shape index (κ3) is 8.42. The van der Waals surface area contributed by atoms with Crippen molar-refractivity contribution in [2.45, 2.75) is 77.1 Å². The van der Waals surface area contributed by atoms with Gasteiger partial charge >= 0.3 is 0 Å². The van der Waals surface area contributed by atoms with E-state index in [4.69, 9.17) is 4.74 Å². The maximum absolute atomic E-state index is 14.1. The van der Waals surface area contributed by atoms with Crippen LogP contribution in [-0.4, -0.2) is 59.7 Å². The van der Waals surface area contributed by atoms with Crippen LogP contribution in [0, 0.1) is 18.6 Å². The van der Waals surface area contributed by atoms with Gasteiger partial charge in [0, 0.05) is 42.4 Å². The molecule has 0 heterocycles. The fourth-order valence-corrected chi connectivity index (χ4v) is 5.71. The van der Waals surface area contributed by atoms with Gasteiger partial charge in [0.25, 0.3) is 11.8 Å². The molecule has 44 heavy (non-hydrogen) atoms. The summed E-state index contributed by atoms with van der Waals surface area (Å²) >= 11 is 0. The van der Waals surface area contributed by atoms with E-state index < -0.39 is 35.2 Å². The van der Waals surface area contributed by atoms with E-state index in [9.17, 15) is 23.5 Å². The van der Waals surface area contributed by atoms with Crippen LogP contribution in [0.3, 0.4) is 0 Å². The Kier molecular flexibility index (Phi) is 11.1. The number of ether oxygens (including phenoxy) is 1. The molecule has 0 aliphatic heterocycles. The Morgan fingerprint density at radius 1 is 0.955 bits per heavy atom. The summed E-state index contributed by atoms with van der Waals surface area (Å²) in [6.07, 6.45) is 1.89. The summed E-state index contributed by atoms with van der Waals surface area (Å²) in [6, 6.07) is 14.9. The third-order valence-corrected chi connectivity index (χ3v) is 8.07. The fraction of sp³-hybridized carbons (Fsp3) is 0.429. The molecule has 0 unspecified atom stereocenters. The molecule has 7 nitrogen and oxygen atoms in total. The van der Waals surface area contributed by atoms with Crippen LogP contribution in [-0.2, 0) is 13.0 Å². The molecular weight excluding hydrogens is 564 g/mol. The molecule has 1 aliphatic carbocycles. The third-order valence-electron chi connectivity index (χ3n) is 8.07. The van der Waals surface area contributed by atoms with E-state index in [2.05, 4.69) is 10.6 Å². The van der Waals surface area contributed by atoms with Gasteiger partial charge in [0.2, 0.25) is 0 Å². The van der Waals surface area contributed by atoms with Gasteiger partial charge < -0.3 is 25.4 Å². The van der Waals surface area contributed by atoms with Crippen LogP contribution in [0.2, 0.25) is 0 Å². The first-order chi connectivity index (χ1) is 21.1. The minimum Gasteiger partial charge on any atom is -0.497 e. The Morgan fingerprint density at radius 2 is 1.61 bits per heavy atom. The minimum atomic E-state index is -1.07. The second-order valence-corrected chi connectivity index (χ2v) is 11.7. The zero-order chi connectivity index (χ0) is 31.9. The number of halogens is 2. The van der Waals surface area contributed by atoms with Crippen LogP contribution < -0.4 is 15.4 Å². The molecule has 2 amide bonds. The minimum absolute atomic E-state index is 0.00254. The Hall–Kier alpha value is -3.82. The van der Waals surface area contributed by atoms with Gasteiger partial charge in [0.1, 0.15) is 17.4 Å². The van der Waals surface area contributed by atoms with Gasteiger partial charge in [-0.3, -0.25) is 9.59 Å². The molecule has 0 aromatic heterocycles. The maximum Gasteiger partial charge on any atom is 0.253 e. The van der Waals surface area contributed by atoms with E-state index in [-0.39, 0.29) is 17.9 Å². The van der Waals surface area contributed by atoms with Gasteiger partial charge in [-0.1, -0.05) is 26.0 Å². The van der Waals surface area contributed by atoms with Crippen molar-refractivity contribution in [3.8, 4) is 5.75 Å². The van der Waals surface area contributed by atoms with Gasteiger partial charge in [-0.15, -0.1) is 0 Å². The number of hydrogen-bond donors (Lipinski definition) is 3. The standard InChI is InChI=1S/C35H43F2N3O4/c1-5-12-40(13-6-2)34(43)27-15-23(3)14-26(20-27)33(42)39-31(19-25-16-28(36)21-29(37)17-25)32(41)35(10-11-35)38-22-24-8-7-9-30(18-24)44-4/h7-9,14-18,20-21,31-32,38,41H,5-6,10-13,19,22H2,1-4H3,(H,39,42)/t31-,32-/m0/s1. The molecule has 0 bridgehead atoms. The van der Waals surface area contributed by atoms with Crippen molar-refractivity contribution in [1.29, 1.82) is 0 Å². The van der Waals surface area contributed by atoms with Crippen LogP contribution in [0.4, 0.5) is 8.78 Å². The molecule has 0 saturated heterocycles. The van der Waals surface area contributed by atoms with Gasteiger partial charge in [0.05, 0.1) is 19.3 Å². The first-order valence-corrected chi connectivity index (χ1v) is 15.3. The zero-order valence-electron chi connectivity index (χ0n) is 26.0. The van der Waals surface area contributed by atoms with Gasteiger partial charge in [0.15, 0.2) is 0 Å². The van der Waals surface area contributed by atoms with Gasteiger partial charge in [-0.05, 0) is 98.2 Å². The number of aliphatic hydroxyl groups is 1. The molecule has 3 aromatic carbocycles. The van der Waals surface area contributed by atoms with Crippen molar-refractivity contribution in [2.24, 2.45) is 0 Å². The number of carbonyl (C=O) groups is 2. The molecular formula is C35H43F2N3O4. The predicted molar refractivity (Wildman–Crippen MR) is 167 cm³/mol. The first-order valence-electron chi connectivity index (χ1n) is 15.3. The topological polar surface area (TPSA) is 90.9 Å². The normalized spacial score (nSPS) is 14.9. The Bertz CT molecular complexity index is 1430. The highest BCUT2D eigenvalue weighted by atomic mass is 19.1. The molecule has 2 atom stereocenters. The number of aryl methyl sites for hydroxylation is 1. The average molecular weight is 608 g/mol. The quantitative estimate of drug-likeness (QED) is 0.210. The zero-order valence-corrected chi connectivity index (χ0v) is 26.0. The highest BCUT2D eigenvalue weighted by molar-refractivity contribution is 6.00. The molecule has 1 fully saturated rings. The lowest BCUT2D eigenvalue weighted by molar-refractivity contribution is 0.0639. The number of carbonyl (C=O) groups excluding carboxylic acids is 2. The lowest BCUT2D eigenvalue weighted by Gasteiger charge is -2.32. The second kappa shape index (κ2) is 14.8. The van der Waals surface area contributed by atoms with E-state index in [1.165, 1.54) is 12.1 Å². The van der Waals surface area contributed by atoms with Crippen LogP contribution >= 0.6 is 0 Å². The Labute approximate surface area is 258 Å². The van der Waals surface area contributed by atoms with Crippen molar-refractivity contribution in [3.05, 3.63) is 100 Å². The number of hydrogen-bond acceptors (Lipinski definition) is 5. The second-order valence-electron chi connectivity index (χ2n) is 11.7. The SMILES string of the molecule is CCCN(CCC)C(=O)c1cc(C)cc(C(=O)N[C@@H](Cc2cc(F)cc(F)c2)[C@H](O)C2(NCc3cccc(OC)c3)CC2)c1. The summed E-state index contributed by atoms with van der Waals surface area (Å²) in [7, 11) is 1.60. The van der Waals surface area contributed by atoms with E-state index >= 15 is 0 Å². The van der Waals surface area contributed by atoms with Crippen LogP contribution in [0.5, 0.6) is 5.75 Å². The molecule has 3 aromatic rings. The highest BCUT2D eigenvalue weighted by Gasteiger charge is 2.51. The van der Waals surface area contributed by atoms with Crippen molar-refractivity contribution < 1.29 is 28.2 Å². The molecule has 1 saturated carbocycles. The summed E-state index contributed by atoms with van der Waals surface area (Å²) in [5.74, 6) is -1.37. The number of amides is 2. The molecule has 3 N–H and O–H groups in total. The first kappa shape index (κ1) is 33.1. The summed E-state index contributed by atoms with van der Waals surface area (Å²) in [6.45, 7) is 7.54. The summed E-state index contributed by atoms with van der Waals surface area (Å²) in [5, 5.41) is 18.1. The highest BCUT2D eigenvalue weighted by Crippen LogP contribution is 2.41. The van der Waals surface area contributed by atoms with Gasteiger partial charge in [-0.25, -0.2) is 8.78 Å². The van der Waals surface area contributed by atoms with Crippen molar-refractivity contribution in [2.75, 3.05) is 20.2 Å². The molecule has 4 rings (SSSR count). The summed E-state index contributed by atoms with van der Waals surface area (Å²) in [4.78, 5) is 28.8. The van der Waals surface area contributed by atoms with Crippen molar-refractivity contribution >= 4 is 11.8 Å². The van der Waals surface area contributed by atoms with Gasteiger partial charge in [-0.2, -0.15) is 0 Å². The number of nitrogens with zero attached hydrogens (tertiary/aromatic N) is 1. The molecule has 1 aliphatic rings. The van der Waals surface area contributed by atoms with Crippen LogP contribution in [0.1, 0.15) is 76.9 Å². The number of benzene rings is 3.